The van der Waals surface area contributed by atoms with Crippen LogP contribution in [0.3, 0.4) is 0 Å². The van der Waals surface area contributed by atoms with Gasteiger partial charge in [-0.25, -0.2) is 0 Å². The van der Waals surface area contributed by atoms with Crippen molar-refractivity contribution in [3.8, 4) is 0 Å². The molecule has 0 amide bonds. The Bertz CT molecular complexity index is 619. The second kappa shape index (κ2) is 13.7. The fourth-order valence-electron chi connectivity index (χ4n) is 3.19. The first-order valence-corrected chi connectivity index (χ1v) is 10.7. The Morgan fingerprint density at radius 1 is 0.464 bits per heavy atom. The van der Waals surface area contributed by atoms with Gasteiger partial charge < -0.3 is 0 Å². The van der Waals surface area contributed by atoms with E-state index >= 15 is 0 Å². The Hall–Kier alpha value is -2.38. The minimum atomic E-state index is 0.963. The topological polar surface area (TPSA) is 3.24 Å². The molecule has 0 N–H and O–H groups in total. The molecule has 0 spiro atoms. The third-order valence-corrected chi connectivity index (χ3v) is 4.70. The first-order valence-electron chi connectivity index (χ1n) is 10.7. The molecule has 0 fully saturated rings. The molecule has 1 heteroatoms. The molecule has 28 heavy (non-hydrogen) atoms. The molecule has 148 valence electrons. The van der Waals surface area contributed by atoms with Crippen molar-refractivity contribution in [1.82, 2.24) is 4.90 Å². The van der Waals surface area contributed by atoms with Gasteiger partial charge in [0, 0.05) is 19.6 Å². The predicted molar refractivity (Wildman–Crippen MR) is 122 cm³/mol. The second-order valence-corrected chi connectivity index (χ2v) is 7.31. The standard InChI is InChI=1S/C21H21N.C6H14/c1-4-10-19(11-5-1)16-22(17-20-12-6-2-7-13-20)18-21-14-8-3-9-15-21;1-3-5-6-4-2/h1-15H,16-18H2;3-6H2,1-2H3. The molecule has 3 aromatic rings. The summed E-state index contributed by atoms with van der Waals surface area (Å²) in [5, 5.41) is 0. The Morgan fingerprint density at radius 3 is 1.00 bits per heavy atom. The van der Waals surface area contributed by atoms with Gasteiger partial charge in [-0.05, 0) is 16.7 Å². The number of hydrogen-bond donors (Lipinski definition) is 0. The SMILES string of the molecule is CCCCCC.c1ccc(CN(Cc2ccccc2)Cc2ccccc2)cc1. The van der Waals surface area contributed by atoms with E-state index in [-0.39, 0.29) is 0 Å². The van der Waals surface area contributed by atoms with Crippen molar-refractivity contribution in [2.24, 2.45) is 0 Å². The molecule has 0 aliphatic heterocycles. The first kappa shape index (κ1) is 21.9. The molecule has 3 rings (SSSR count). The molecule has 0 aliphatic rings. The highest BCUT2D eigenvalue weighted by atomic mass is 15.1. The summed E-state index contributed by atoms with van der Waals surface area (Å²) in [5.41, 5.74) is 4.07. The summed E-state index contributed by atoms with van der Waals surface area (Å²) >= 11 is 0. The molecule has 0 heterocycles. The molecule has 0 saturated carbocycles. The summed E-state index contributed by atoms with van der Waals surface area (Å²) in [7, 11) is 0. The van der Waals surface area contributed by atoms with Crippen LogP contribution in [0.4, 0.5) is 0 Å². The van der Waals surface area contributed by atoms with Gasteiger partial charge in [0.05, 0.1) is 0 Å². The predicted octanol–water partition coefficient (Wildman–Crippen LogP) is 7.48. The monoisotopic (exact) mass is 373 g/mol. The lowest BCUT2D eigenvalue weighted by atomic mass is 10.1. The quantitative estimate of drug-likeness (QED) is 0.351. The van der Waals surface area contributed by atoms with E-state index in [4.69, 9.17) is 0 Å². The van der Waals surface area contributed by atoms with E-state index in [0.29, 0.717) is 0 Å². The second-order valence-electron chi connectivity index (χ2n) is 7.31. The third kappa shape index (κ3) is 9.01. The maximum absolute atomic E-state index is 2.49. The molecule has 3 aromatic carbocycles. The molecule has 0 bridgehead atoms. The maximum Gasteiger partial charge on any atom is 0.0240 e. The van der Waals surface area contributed by atoms with Crippen molar-refractivity contribution >= 4 is 0 Å². The van der Waals surface area contributed by atoms with Crippen molar-refractivity contribution in [3.05, 3.63) is 108 Å². The Morgan fingerprint density at radius 2 is 0.750 bits per heavy atom. The van der Waals surface area contributed by atoms with Gasteiger partial charge in [-0.2, -0.15) is 0 Å². The van der Waals surface area contributed by atoms with Gasteiger partial charge in [-0.3, -0.25) is 4.90 Å². The minimum Gasteiger partial charge on any atom is -0.291 e. The van der Waals surface area contributed by atoms with Gasteiger partial charge >= 0.3 is 0 Å². The fourth-order valence-corrected chi connectivity index (χ4v) is 3.19. The maximum atomic E-state index is 2.49. The van der Waals surface area contributed by atoms with Crippen LogP contribution in [0.1, 0.15) is 56.2 Å². The number of hydrogen-bond acceptors (Lipinski definition) is 1. The van der Waals surface area contributed by atoms with Crippen molar-refractivity contribution < 1.29 is 0 Å². The molecule has 0 unspecified atom stereocenters. The fraction of sp³-hybridized carbons (Fsp3) is 0.333. The van der Waals surface area contributed by atoms with E-state index in [1.54, 1.807) is 0 Å². The van der Waals surface area contributed by atoms with Gasteiger partial charge in [-0.1, -0.05) is 131 Å². The lowest BCUT2D eigenvalue weighted by Gasteiger charge is -2.23. The summed E-state index contributed by atoms with van der Waals surface area (Å²) in [6, 6.07) is 32.1. The van der Waals surface area contributed by atoms with Crippen LogP contribution in [0.5, 0.6) is 0 Å². The smallest absolute Gasteiger partial charge is 0.0240 e. The number of benzene rings is 3. The average molecular weight is 374 g/mol. The molecule has 0 saturated heterocycles. The van der Waals surface area contributed by atoms with Crippen LogP contribution in [0.15, 0.2) is 91.0 Å². The van der Waals surface area contributed by atoms with E-state index in [1.165, 1.54) is 42.4 Å². The van der Waals surface area contributed by atoms with Crippen LogP contribution in [0.25, 0.3) is 0 Å². The van der Waals surface area contributed by atoms with Gasteiger partial charge in [0.25, 0.3) is 0 Å². The molecular weight excluding hydrogens is 338 g/mol. The van der Waals surface area contributed by atoms with Crippen LogP contribution in [0.2, 0.25) is 0 Å². The van der Waals surface area contributed by atoms with Crippen LogP contribution >= 0.6 is 0 Å². The van der Waals surface area contributed by atoms with E-state index in [2.05, 4.69) is 110 Å². The van der Waals surface area contributed by atoms with E-state index in [9.17, 15) is 0 Å². The van der Waals surface area contributed by atoms with E-state index in [1.807, 2.05) is 0 Å². The Kier molecular flexibility index (Phi) is 10.8. The number of rotatable bonds is 9. The Balaban J connectivity index is 0.000000409. The van der Waals surface area contributed by atoms with Crippen molar-refractivity contribution in [2.45, 2.75) is 59.2 Å². The van der Waals surface area contributed by atoms with Gasteiger partial charge in [0.1, 0.15) is 0 Å². The lowest BCUT2D eigenvalue weighted by molar-refractivity contribution is 0.247. The number of nitrogens with zero attached hydrogens (tertiary/aromatic N) is 1. The van der Waals surface area contributed by atoms with E-state index < -0.39 is 0 Å². The summed E-state index contributed by atoms with van der Waals surface area (Å²) in [6.07, 6.45) is 5.54. The highest BCUT2D eigenvalue weighted by Crippen LogP contribution is 2.14. The summed E-state index contributed by atoms with van der Waals surface area (Å²) in [5.74, 6) is 0. The van der Waals surface area contributed by atoms with Gasteiger partial charge in [0.15, 0.2) is 0 Å². The minimum absolute atomic E-state index is 0.963. The van der Waals surface area contributed by atoms with Crippen molar-refractivity contribution in [1.29, 1.82) is 0 Å². The van der Waals surface area contributed by atoms with Gasteiger partial charge in [-0.15, -0.1) is 0 Å². The summed E-state index contributed by atoms with van der Waals surface area (Å²) < 4.78 is 0. The highest BCUT2D eigenvalue weighted by molar-refractivity contribution is 5.19. The van der Waals surface area contributed by atoms with Crippen LogP contribution < -0.4 is 0 Å². The summed E-state index contributed by atoms with van der Waals surface area (Å²) in [4.78, 5) is 2.49. The normalized spacial score (nSPS) is 10.4. The van der Waals surface area contributed by atoms with Crippen molar-refractivity contribution in [3.63, 3.8) is 0 Å². The average Bonchev–Trinajstić information content (AvgIpc) is 2.75. The van der Waals surface area contributed by atoms with Crippen LogP contribution in [-0.2, 0) is 19.6 Å². The largest absolute Gasteiger partial charge is 0.291 e. The van der Waals surface area contributed by atoms with Crippen LogP contribution in [0, 0.1) is 0 Å². The third-order valence-electron chi connectivity index (χ3n) is 4.70. The molecule has 0 atom stereocenters. The first-order chi connectivity index (χ1) is 13.8. The molecule has 0 radical (unpaired) electrons. The van der Waals surface area contributed by atoms with Crippen LogP contribution in [-0.4, -0.2) is 4.90 Å². The summed E-state index contributed by atoms with van der Waals surface area (Å²) in [6.45, 7) is 7.35. The zero-order chi connectivity index (χ0) is 19.9. The van der Waals surface area contributed by atoms with Gasteiger partial charge in [0.2, 0.25) is 0 Å². The molecule has 1 nitrogen and oxygen atoms in total. The molecule has 0 aromatic heterocycles. The van der Waals surface area contributed by atoms with E-state index in [0.717, 1.165) is 19.6 Å². The molecular formula is C27H35N. The Labute approximate surface area is 172 Å². The highest BCUT2D eigenvalue weighted by Gasteiger charge is 2.08. The van der Waals surface area contributed by atoms with Crippen molar-refractivity contribution in [2.75, 3.05) is 0 Å². The lowest BCUT2D eigenvalue weighted by Crippen LogP contribution is -2.22. The number of unbranched alkanes of at least 4 members (excludes halogenated alkanes) is 3. The zero-order valence-electron chi connectivity index (χ0n) is 17.6. The molecule has 0 aliphatic carbocycles. The zero-order valence-corrected chi connectivity index (χ0v) is 17.6.